The third kappa shape index (κ3) is 8.69. The number of ketones is 2. The molecule has 0 saturated carbocycles. The topological polar surface area (TPSA) is 208 Å². The summed E-state index contributed by atoms with van der Waals surface area (Å²) < 4.78 is 0. The molecule has 15 heteroatoms. The zero-order chi connectivity index (χ0) is 32.7. The van der Waals surface area contributed by atoms with Crippen molar-refractivity contribution in [2.45, 2.75) is 0 Å². The zero-order valence-electron chi connectivity index (χ0n) is 24.5. The Labute approximate surface area is 258 Å². The van der Waals surface area contributed by atoms with E-state index in [1.165, 1.54) is 24.3 Å². The number of carboxylic acid groups (broad SMARTS) is 3. The second-order valence-corrected chi connectivity index (χ2v) is 10.9. The lowest BCUT2D eigenvalue weighted by molar-refractivity contribution is -0.140. The highest BCUT2D eigenvalue weighted by Crippen LogP contribution is 2.36. The van der Waals surface area contributed by atoms with Crippen LogP contribution in [0.1, 0.15) is 31.8 Å². The van der Waals surface area contributed by atoms with Gasteiger partial charge in [-0.05, 0) is 12.1 Å². The molecule has 4 rings (SSSR count). The smallest absolute Gasteiger partial charge is 0.317 e. The lowest BCUT2D eigenvalue weighted by Gasteiger charge is -2.33. The van der Waals surface area contributed by atoms with E-state index in [-0.39, 0.29) is 106 Å². The number of aromatic hydroxyl groups is 1. The highest BCUT2D eigenvalue weighted by molar-refractivity contribution is 6.31. The molecule has 1 heterocycles. The van der Waals surface area contributed by atoms with Crippen molar-refractivity contribution in [3.05, 3.63) is 58.7 Å². The predicted molar refractivity (Wildman–Crippen MR) is 159 cm³/mol. The number of rotatable bonds is 9. The summed E-state index contributed by atoms with van der Waals surface area (Å²) in [5.74, 6) is -5.20. The molecule has 0 unspecified atom stereocenters. The number of hydrogen-bond acceptors (Lipinski definition) is 11. The van der Waals surface area contributed by atoms with Gasteiger partial charge in [-0.1, -0.05) is 24.3 Å². The van der Waals surface area contributed by atoms with Crippen LogP contribution in [0.2, 0.25) is 0 Å². The lowest BCUT2D eigenvalue weighted by Crippen LogP contribution is -2.49. The maximum absolute atomic E-state index is 13.4. The van der Waals surface area contributed by atoms with Gasteiger partial charge in [0.15, 0.2) is 11.6 Å². The number of amides is 1. The van der Waals surface area contributed by atoms with Crippen LogP contribution in [0.25, 0.3) is 0 Å². The van der Waals surface area contributed by atoms with Crippen molar-refractivity contribution in [2.75, 3.05) is 83.9 Å². The fourth-order valence-corrected chi connectivity index (χ4v) is 5.49. The quantitative estimate of drug-likeness (QED) is 0.192. The van der Waals surface area contributed by atoms with E-state index >= 15 is 0 Å². The molecule has 0 spiro atoms. The van der Waals surface area contributed by atoms with Crippen LogP contribution in [-0.4, -0.2) is 154 Å². The number of nitrogens with zero attached hydrogens (tertiary/aromatic N) is 4. The Morgan fingerprint density at radius 3 is 1.36 bits per heavy atom. The van der Waals surface area contributed by atoms with Crippen LogP contribution in [0.5, 0.6) is 5.75 Å². The number of carbonyl (C=O) groups is 6. The number of fused-ring (bicyclic) bond motifs is 2. The Hall–Kier alpha value is -4.70. The van der Waals surface area contributed by atoms with Crippen molar-refractivity contribution in [3.63, 3.8) is 0 Å². The van der Waals surface area contributed by atoms with Crippen LogP contribution in [0.4, 0.5) is 5.69 Å². The van der Waals surface area contributed by atoms with Gasteiger partial charge in [0, 0.05) is 63.5 Å². The summed E-state index contributed by atoms with van der Waals surface area (Å²) in [5, 5.41) is 41.3. The maximum atomic E-state index is 13.4. The minimum atomic E-state index is -1.07. The van der Waals surface area contributed by atoms with Gasteiger partial charge in [-0.3, -0.25) is 48.4 Å². The molecule has 0 bridgehead atoms. The van der Waals surface area contributed by atoms with Crippen molar-refractivity contribution in [1.29, 1.82) is 0 Å². The van der Waals surface area contributed by atoms with E-state index in [0.717, 1.165) is 0 Å². The van der Waals surface area contributed by atoms with E-state index in [1.54, 1.807) is 31.7 Å². The van der Waals surface area contributed by atoms with E-state index in [0.29, 0.717) is 0 Å². The monoisotopic (exact) mass is 625 g/mol. The van der Waals surface area contributed by atoms with Gasteiger partial charge in [-0.25, -0.2) is 0 Å². The molecule has 0 aromatic heterocycles. The standard InChI is InChI=1S/C30H35N5O10/c36-22-6-5-21(27-28(22)30(45)20-4-2-1-3-19(20)29(27)44)31-23(37)15-32-7-9-33(16-24(38)39)11-13-35(18-26(42)43)14-12-34(10-8-32)17-25(40)41/h1-6,36H,7-18H2,(H,31,37)(H,38,39)(H,40,41)(H,42,43). The van der Waals surface area contributed by atoms with Crippen molar-refractivity contribution in [2.24, 2.45) is 0 Å². The average molecular weight is 626 g/mol. The van der Waals surface area contributed by atoms with E-state index in [4.69, 9.17) is 0 Å². The van der Waals surface area contributed by atoms with Crippen molar-refractivity contribution >= 4 is 41.1 Å². The molecule has 1 amide bonds. The van der Waals surface area contributed by atoms with Crippen molar-refractivity contribution < 1.29 is 49.2 Å². The van der Waals surface area contributed by atoms with Gasteiger partial charge in [0.2, 0.25) is 5.91 Å². The SMILES string of the molecule is O=C(O)CN1CCN(CC(=O)O)CCN(CC(=O)Nc2ccc(O)c3c2C(=O)c2ccccc2C3=O)CCN(CC(=O)O)CC1. The second kappa shape index (κ2) is 14.9. The van der Waals surface area contributed by atoms with Crippen LogP contribution in [0.3, 0.4) is 0 Å². The highest BCUT2D eigenvalue weighted by Gasteiger charge is 2.34. The summed E-state index contributed by atoms with van der Waals surface area (Å²) in [4.78, 5) is 80.9. The molecule has 240 valence electrons. The summed E-state index contributed by atoms with van der Waals surface area (Å²) in [5.41, 5.74) is 0.0305. The Balaban J connectivity index is 1.53. The van der Waals surface area contributed by atoms with Gasteiger partial charge < -0.3 is 25.7 Å². The van der Waals surface area contributed by atoms with E-state index in [9.17, 15) is 49.2 Å². The van der Waals surface area contributed by atoms with Gasteiger partial charge >= 0.3 is 17.9 Å². The van der Waals surface area contributed by atoms with Gasteiger partial charge in [0.05, 0.1) is 43.0 Å². The van der Waals surface area contributed by atoms with Crippen LogP contribution >= 0.6 is 0 Å². The molecule has 1 aliphatic carbocycles. The molecule has 1 fully saturated rings. The van der Waals surface area contributed by atoms with Crippen molar-refractivity contribution in [3.8, 4) is 5.75 Å². The number of carboxylic acids is 3. The maximum Gasteiger partial charge on any atom is 0.317 e. The Morgan fingerprint density at radius 1 is 0.578 bits per heavy atom. The number of nitrogens with one attached hydrogen (secondary N) is 1. The minimum Gasteiger partial charge on any atom is -0.507 e. The summed E-state index contributed by atoms with van der Waals surface area (Å²) in [6.07, 6.45) is 0. The molecule has 2 aromatic rings. The number of aliphatic carboxylic acids is 3. The Bertz CT molecular complexity index is 1460. The molecule has 1 saturated heterocycles. The third-order valence-electron chi connectivity index (χ3n) is 7.70. The van der Waals surface area contributed by atoms with Gasteiger partial charge in [0.1, 0.15) is 5.75 Å². The van der Waals surface area contributed by atoms with Crippen molar-refractivity contribution in [1.82, 2.24) is 19.6 Å². The molecule has 5 N–H and O–H groups in total. The van der Waals surface area contributed by atoms with E-state index < -0.39 is 41.1 Å². The molecule has 45 heavy (non-hydrogen) atoms. The fraction of sp³-hybridized carbons (Fsp3) is 0.400. The largest absolute Gasteiger partial charge is 0.507 e. The number of hydrogen-bond donors (Lipinski definition) is 5. The van der Waals surface area contributed by atoms with E-state index in [2.05, 4.69) is 5.32 Å². The first-order valence-corrected chi connectivity index (χ1v) is 14.3. The molecule has 15 nitrogen and oxygen atoms in total. The summed E-state index contributed by atoms with van der Waals surface area (Å²) in [6.45, 7) is 0.730. The summed E-state index contributed by atoms with van der Waals surface area (Å²) in [7, 11) is 0. The molecule has 0 radical (unpaired) electrons. The number of benzene rings is 2. The predicted octanol–water partition coefficient (Wildman–Crippen LogP) is -0.418. The Kier molecular flexibility index (Phi) is 11.0. The van der Waals surface area contributed by atoms with Gasteiger partial charge in [0.25, 0.3) is 0 Å². The first kappa shape index (κ1) is 33.2. The number of anilines is 1. The minimum absolute atomic E-state index is 0.0496. The number of phenols is 1. The second-order valence-electron chi connectivity index (χ2n) is 10.9. The molecule has 2 aromatic carbocycles. The molecular weight excluding hydrogens is 590 g/mol. The van der Waals surface area contributed by atoms with Crippen LogP contribution in [0.15, 0.2) is 36.4 Å². The molecule has 0 atom stereocenters. The van der Waals surface area contributed by atoms with Crippen LogP contribution in [0, 0.1) is 0 Å². The van der Waals surface area contributed by atoms with Gasteiger partial charge in [-0.15, -0.1) is 0 Å². The fourth-order valence-electron chi connectivity index (χ4n) is 5.49. The molecule has 2 aliphatic rings. The number of carbonyl (C=O) groups excluding carboxylic acids is 3. The third-order valence-corrected chi connectivity index (χ3v) is 7.70. The highest BCUT2D eigenvalue weighted by atomic mass is 16.4. The zero-order valence-corrected chi connectivity index (χ0v) is 24.5. The average Bonchev–Trinajstić information content (AvgIpc) is 2.97. The van der Waals surface area contributed by atoms with E-state index in [1.807, 2.05) is 0 Å². The normalized spacial score (nSPS) is 17.4. The lowest BCUT2D eigenvalue weighted by atomic mass is 9.82. The first-order valence-electron chi connectivity index (χ1n) is 14.3. The molecular formula is C30H35N5O10. The Morgan fingerprint density at radius 2 is 0.956 bits per heavy atom. The molecule has 1 aliphatic heterocycles. The van der Waals surface area contributed by atoms with Crippen LogP contribution in [-0.2, 0) is 19.2 Å². The van der Waals surface area contributed by atoms with Crippen LogP contribution < -0.4 is 5.32 Å². The van der Waals surface area contributed by atoms with Gasteiger partial charge in [-0.2, -0.15) is 0 Å². The summed E-state index contributed by atoms with van der Waals surface area (Å²) in [6, 6.07) is 8.77. The summed E-state index contributed by atoms with van der Waals surface area (Å²) >= 11 is 0. The first-order chi connectivity index (χ1) is 21.4. The number of phenolic OH excluding ortho intramolecular Hbond substituents is 1.